The zero-order chi connectivity index (χ0) is 16.5. The highest BCUT2D eigenvalue weighted by Gasteiger charge is 2.17. The largest absolute Gasteiger partial charge is 0.357 e. The van der Waals surface area contributed by atoms with Crippen LogP contribution in [-0.4, -0.2) is 58.3 Å². The Morgan fingerprint density at radius 2 is 2.09 bits per heavy atom. The summed E-state index contributed by atoms with van der Waals surface area (Å²) in [6, 6.07) is 0. The van der Waals surface area contributed by atoms with E-state index >= 15 is 0 Å². The lowest BCUT2D eigenvalue weighted by Gasteiger charge is -2.31. The van der Waals surface area contributed by atoms with Gasteiger partial charge in [-0.25, -0.2) is 9.98 Å². The minimum absolute atomic E-state index is 0.542. The van der Waals surface area contributed by atoms with Gasteiger partial charge in [-0.1, -0.05) is 6.92 Å². The third kappa shape index (κ3) is 5.82. The van der Waals surface area contributed by atoms with E-state index in [0.717, 1.165) is 30.8 Å². The standard InChI is InChI=1S/C16H31N7/c1-4-17-16(19-12-15-20-13-21-22(15)3)18-9-6-14-7-10-23(5-2)11-8-14/h13-14H,4-12H2,1-3H3,(H2,17,18,19). The van der Waals surface area contributed by atoms with Crippen LogP contribution in [0.2, 0.25) is 0 Å². The van der Waals surface area contributed by atoms with Gasteiger partial charge in [0, 0.05) is 20.1 Å². The first-order chi connectivity index (χ1) is 11.2. The Labute approximate surface area is 139 Å². The molecule has 2 heterocycles. The molecular formula is C16H31N7. The first-order valence-corrected chi connectivity index (χ1v) is 8.80. The number of rotatable bonds is 7. The van der Waals surface area contributed by atoms with Crippen molar-refractivity contribution in [3.63, 3.8) is 0 Å². The number of aryl methyl sites for hydroxylation is 1. The summed E-state index contributed by atoms with van der Waals surface area (Å²) in [5.74, 6) is 2.57. The van der Waals surface area contributed by atoms with Crippen molar-refractivity contribution in [2.45, 2.75) is 39.7 Å². The number of likely N-dealkylation sites (tertiary alicyclic amines) is 1. The van der Waals surface area contributed by atoms with Gasteiger partial charge in [0.2, 0.25) is 0 Å². The van der Waals surface area contributed by atoms with Crippen LogP contribution >= 0.6 is 0 Å². The summed E-state index contributed by atoms with van der Waals surface area (Å²) in [6.45, 7) is 10.4. The van der Waals surface area contributed by atoms with Crippen molar-refractivity contribution in [2.75, 3.05) is 32.7 Å². The minimum Gasteiger partial charge on any atom is -0.357 e. The average Bonchev–Trinajstić information content (AvgIpc) is 2.98. The predicted octanol–water partition coefficient (Wildman–Crippen LogP) is 0.992. The number of guanidine groups is 1. The van der Waals surface area contributed by atoms with E-state index in [1.165, 1.54) is 38.9 Å². The van der Waals surface area contributed by atoms with E-state index in [1.807, 2.05) is 7.05 Å². The topological polar surface area (TPSA) is 70.4 Å². The number of nitrogens with zero attached hydrogens (tertiary/aromatic N) is 5. The van der Waals surface area contributed by atoms with Crippen LogP contribution in [0.15, 0.2) is 11.3 Å². The summed E-state index contributed by atoms with van der Waals surface area (Å²) in [5.41, 5.74) is 0. The smallest absolute Gasteiger partial charge is 0.191 e. The number of hydrogen-bond donors (Lipinski definition) is 2. The highest BCUT2D eigenvalue weighted by molar-refractivity contribution is 5.79. The lowest BCUT2D eigenvalue weighted by atomic mass is 9.93. The maximum atomic E-state index is 4.59. The number of piperidine rings is 1. The zero-order valence-corrected chi connectivity index (χ0v) is 14.8. The van der Waals surface area contributed by atoms with Gasteiger partial charge >= 0.3 is 0 Å². The van der Waals surface area contributed by atoms with E-state index in [-0.39, 0.29) is 0 Å². The van der Waals surface area contributed by atoms with E-state index in [1.54, 1.807) is 11.0 Å². The molecule has 0 spiro atoms. The molecule has 0 radical (unpaired) electrons. The summed E-state index contributed by atoms with van der Waals surface area (Å²) >= 11 is 0. The van der Waals surface area contributed by atoms with Crippen molar-refractivity contribution in [1.29, 1.82) is 0 Å². The van der Waals surface area contributed by atoms with Crippen LogP contribution in [0.25, 0.3) is 0 Å². The Kier molecular flexibility index (Phi) is 7.32. The molecule has 0 amide bonds. The fourth-order valence-electron chi connectivity index (χ4n) is 2.94. The number of aliphatic imine (C=N–C) groups is 1. The molecule has 0 aromatic carbocycles. The van der Waals surface area contributed by atoms with Crippen molar-refractivity contribution >= 4 is 5.96 Å². The molecule has 2 rings (SSSR count). The second-order valence-corrected chi connectivity index (χ2v) is 6.09. The van der Waals surface area contributed by atoms with Crippen LogP contribution in [0.3, 0.4) is 0 Å². The van der Waals surface area contributed by atoms with Crippen molar-refractivity contribution in [3.8, 4) is 0 Å². The molecule has 1 aliphatic heterocycles. The summed E-state index contributed by atoms with van der Waals surface area (Å²) in [5, 5.41) is 10.8. The predicted molar refractivity (Wildman–Crippen MR) is 93.3 cm³/mol. The zero-order valence-electron chi connectivity index (χ0n) is 14.8. The summed E-state index contributed by atoms with van der Waals surface area (Å²) in [7, 11) is 1.89. The molecule has 0 saturated carbocycles. The molecule has 7 heteroatoms. The molecule has 1 aromatic heterocycles. The summed E-state index contributed by atoms with van der Waals surface area (Å²) in [4.78, 5) is 11.3. The lowest BCUT2D eigenvalue weighted by Crippen LogP contribution is -2.39. The highest BCUT2D eigenvalue weighted by Crippen LogP contribution is 2.19. The van der Waals surface area contributed by atoms with Gasteiger partial charge in [-0.05, 0) is 51.7 Å². The Balaban J connectivity index is 1.73. The SMILES string of the molecule is CCNC(=NCc1ncnn1C)NCCC1CCN(CC)CC1. The third-order valence-corrected chi connectivity index (χ3v) is 4.53. The Hall–Kier alpha value is -1.63. The molecule has 0 atom stereocenters. The van der Waals surface area contributed by atoms with Gasteiger partial charge < -0.3 is 15.5 Å². The molecule has 1 fully saturated rings. The normalized spacial score (nSPS) is 17.4. The van der Waals surface area contributed by atoms with Crippen LogP contribution < -0.4 is 10.6 Å². The number of nitrogens with one attached hydrogen (secondary N) is 2. The molecule has 0 unspecified atom stereocenters. The molecule has 1 aromatic rings. The quantitative estimate of drug-likeness (QED) is 0.579. The van der Waals surface area contributed by atoms with Gasteiger partial charge in [0.15, 0.2) is 5.96 Å². The van der Waals surface area contributed by atoms with E-state index in [9.17, 15) is 0 Å². The molecular weight excluding hydrogens is 290 g/mol. The van der Waals surface area contributed by atoms with Gasteiger partial charge in [0.1, 0.15) is 18.7 Å². The van der Waals surface area contributed by atoms with Crippen molar-refractivity contribution < 1.29 is 0 Å². The minimum atomic E-state index is 0.542. The Bertz CT molecular complexity index is 475. The van der Waals surface area contributed by atoms with E-state index in [4.69, 9.17) is 0 Å². The molecule has 130 valence electrons. The first kappa shape index (κ1) is 17.7. The highest BCUT2D eigenvalue weighted by atomic mass is 15.3. The summed E-state index contributed by atoms with van der Waals surface area (Å²) < 4.78 is 1.76. The monoisotopic (exact) mass is 321 g/mol. The lowest BCUT2D eigenvalue weighted by molar-refractivity contribution is 0.187. The van der Waals surface area contributed by atoms with Gasteiger partial charge in [-0.3, -0.25) is 4.68 Å². The van der Waals surface area contributed by atoms with Gasteiger partial charge in [-0.15, -0.1) is 0 Å². The molecule has 7 nitrogen and oxygen atoms in total. The van der Waals surface area contributed by atoms with Crippen LogP contribution in [-0.2, 0) is 13.6 Å². The Morgan fingerprint density at radius 3 is 2.70 bits per heavy atom. The van der Waals surface area contributed by atoms with Crippen LogP contribution in [0.1, 0.15) is 38.9 Å². The maximum Gasteiger partial charge on any atom is 0.191 e. The Morgan fingerprint density at radius 1 is 1.30 bits per heavy atom. The van der Waals surface area contributed by atoms with Crippen molar-refractivity contribution in [2.24, 2.45) is 18.0 Å². The van der Waals surface area contributed by atoms with Crippen LogP contribution in [0.5, 0.6) is 0 Å². The fraction of sp³-hybridized carbons (Fsp3) is 0.812. The molecule has 0 aliphatic carbocycles. The molecule has 2 N–H and O–H groups in total. The van der Waals surface area contributed by atoms with Gasteiger partial charge in [0.25, 0.3) is 0 Å². The molecule has 23 heavy (non-hydrogen) atoms. The maximum absolute atomic E-state index is 4.59. The molecule has 1 aliphatic rings. The van der Waals surface area contributed by atoms with Gasteiger partial charge in [0.05, 0.1) is 0 Å². The van der Waals surface area contributed by atoms with E-state index < -0.39 is 0 Å². The van der Waals surface area contributed by atoms with E-state index in [2.05, 4.69) is 44.5 Å². The van der Waals surface area contributed by atoms with Crippen LogP contribution in [0, 0.1) is 5.92 Å². The second-order valence-electron chi connectivity index (χ2n) is 6.09. The number of hydrogen-bond acceptors (Lipinski definition) is 4. The fourth-order valence-corrected chi connectivity index (χ4v) is 2.94. The second kappa shape index (κ2) is 9.50. The average molecular weight is 321 g/mol. The number of aromatic nitrogens is 3. The van der Waals surface area contributed by atoms with Crippen LogP contribution in [0.4, 0.5) is 0 Å². The van der Waals surface area contributed by atoms with Crippen molar-refractivity contribution in [1.82, 2.24) is 30.3 Å². The summed E-state index contributed by atoms with van der Waals surface area (Å²) in [6.07, 6.45) is 5.42. The van der Waals surface area contributed by atoms with E-state index in [0.29, 0.717) is 6.54 Å². The first-order valence-electron chi connectivity index (χ1n) is 8.80. The molecule has 1 saturated heterocycles. The molecule has 0 bridgehead atoms. The van der Waals surface area contributed by atoms with Gasteiger partial charge in [-0.2, -0.15) is 5.10 Å². The van der Waals surface area contributed by atoms with Crippen molar-refractivity contribution in [3.05, 3.63) is 12.2 Å². The third-order valence-electron chi connectivity index (χ3n) is 4.53.